The highest BCUT2D eigenvalue weighted by Crippen LogP contribution is 2.31. The second kappa shape index (κ2) is 4.82. The summed E-state index contributed by atoms with van der Waals surface area (Å²) >= 11 is 0. The van der Waals surface area contributed by atoms with Gasteiger partial charge in [0.1, 0.15) is 5.82 Å². The third-order valence-corrected chi connectivity index (χ3v) is 5.63. The molecule has 1 aliphatic rings. The number of nitrogen functional groups attached to an aromatic ring is 1. The van der Waals surface area contributed by atoms with Crippen LogP contribution in [0.25, 0.3) is 0 Å². The summed E-state index contributed by atoms with van der Waals surface area (Å²) in [7, 11) is -3.72. The summed E-state index contributed by atoms with van der Waals surface area (Å²) in [5.41, 5.74) is 8.69. The first-order valence-corrected chi connectivity index (χ1v) is 7.95. The number of nitrogens with zero attached hydrogens (tertiary/aromatic N) is 1. The molecule has 2 N–H and O–H groups in total. The Hall–Kier alpha value is -1.92. The summed E-state index contributed by atoms with van der Waals surface area (Å²) < 4.78 is 40.1. The molecule has 2 aromatic rings. The van der Waals surface area contributed by atoms with Crippen molar-refractivity contribution < 1.29 is 12.8 Å². The lowest BCUT2D eigenvalue weighted by Gasteiger charge is -2.17. The van der Waals surface area contributed by atoms with Crippen LogP contribution in [0.3, 0.4) is 0 Å². The molecule has 0 spiro atoms. The van der Waals surface area contributed by atoms with Gasteiger partial charge in [-0.25, -0.2) is 12.8 Å². The zero-order valence-electron chi connectivity index (χ0n) is 11.5. The smallest absolute Gasteiger partial charge is 0.244 e. The van der Waals surface area contributed by atoms with Gasteiger partial charge in [-0.2, -0.15) is 4.31 Å². The molecule has 6 heteroatoms. The summed E-state index contributed by atoms with van der Waals surface area (Å²) in [5.74, 6) is -0.555. The van der Waals surface area contributed by atoms with E-state index in [1.165, 1.54) is 16.4 Å². The first-order chi connectivity index (χ1) is 9.88. The highest BCUT2D eigenvalue weighted by molar-refractivity contribution is 7.89. The van der Waals surface area contributed by atoms with Gasteiger partial charge in [0.15, 0.2) is 0 Å². The van der Waals surface area contributed by atoms with Gasteiger partial charge in [-0.05, 0) is 47.9 Å². The van der Waals surface area contributed by atoms with Gasteiger partial charge in [-0.1, -0.05) is 12.1 Å². The topological polar surface area (TPSA) is 63.4 Å². The molecule has 0 amide bonds. The van der Waals surface area contributed by atoms with Crippen LogP contribution in [0.1, 0.15) is 16.7 Å². The predicted molar refractivity (Wildman–Crippen MR) is 78.4 cm³/mol. The van der Waals surface area contributed by atoms with E-state index in [1.54, 1.807) is 19.1 Å². The van der Waals surface area contributed by atoms with Crippen molar-refractivity contribution in [3.05, 3.63) is 58.9 Å². The van der Waals surface area contributed by atoms with Gasteiger partial charge in [-0.15, -0.1) is 0 Å². The molecular weight excluding hydrogens is 291 g/mol. The van der Waals surface area contributed by atoms with Gasteiger partial charge < -0.3 is 5.73 Å². The lowest BCUT2D eigenvalue weighted by atomic mass is 10.1. The Morgan fingerprint density at radius 1 is 1.10 bits per heavy atom. The molecule has 0 saturated carbocycles. The molecule has 0 bridgehead atoms. The van der Waals surface area contributed by atoms with Crippen molar-refractivity contribution in [1.82, 2.24) is 4.31 Å². The number of sulfonamides is 1. The largest absolute Gasteiger partial charge is 0.399 e. The first-order valence-electron chi connectivity index (χ1n) is 6.51. The fraction of sp³-hybridized carbons (Fsp3) is 0.200. The zero-order chi connectivity index (χ0) is 15.2. The van der Waals surface area contributed by atoms with Gasteiger partial charge in [0.2, 0.25) is 10.0 Å². The van der Waals surface area contributed by atoms with E-state index < -0.39 is 15.8 Å². The van der Waals surface area contributed by atoms with Gasteiger partial charge in [0.25, 0.3) is 0 Å². The maximum Gasteiger partial charge on any atom is 0.244 e. The molecule has 110 valence electrons. The van der Waals surface area contributed by atoms with Crippen LogP contribution in [0.2, 0.25) is 0 Å². The number of anilines is 1. The van der Waals surface area contributed by atoms with E-state index in [0.717, 1.165) is 17.2 Å². The predicted octanol–water partition coefficient (Wildman–Crippen LogP) is 2.42. The number of hydrogen-bond donors (Lipinski definition) is 1. The monoisotopic (exact) mass is 306 g/mol. The van der Waals surface area contributed by atoms with Crippen molar-refractivity contribution in [3.63, 3.8) is 0 Å². The molecule has 1 aliphatic heterocycles. The quantitative estimate of drug-likeness (QED) is 0.867. The number of fused-ring (bicyclic) bond motifs is 1. The third kappa shape index (κ3) is 2.41. The van der Waals surface area contributed by atoms with Crippen molar-refractivity contribution in [2.24, 2.45) is 0 Å². The molecule has 1 heterocycles. The fourth-order valence-electron chi connectivity index (χ4n) is 2.54. The average molecular weight is 306 g/mol. The standard InChI is InChI=1S/C15H15FN2O2S/c1-10-2-4-13(16)7-15(10)21(19,20)18-8-11-3-5-14(17)6-12(11)9-18/h2-7H,8-9,17H2,1H3. The molecule has 0 unspecified atom stereocenters. The van der Waals surface area contributed by atoms with E-state index in [1.807, 2.05) is 6.07 Å². The van der Waals surface area contributed by atoms with E-state index in [4.69, 9.17) is 5.73 Å². The van der Waals surface area contributed by atoms with Gasteiger partial charge in [-0.3, -0.25) is 0 Å². The lowest BCUT2D eigenvalue weighted by Crippen LogP contribution is -2.26. The van der Waals surface area contributed by atoms with E-state index in [9.17, 15) is 12.8 Å². The van der Waals surface area contributed by atoms with Crippen molar-refractivity contribution in [1.29, 1.82) is 0 Å². The molecule has 0 saturated heterocycles. The van der Waals surface area contributed by atoms with Crippen LogP contribution in [0.5, 0.6) is 0 Å². The molecule has 3 rings (SSSR count). The molecule has 4 nitrogen and oxygen atoms in total. The van der Waals surface area contributed by atoms with Crippen LogP contribution >= 0.6 is 0 Å². The van der Waals surface area contributed by atoms with E-state index in [2.05, 4.69) is 0 Å². The Morgan fingerprint density at radius 2 is 1.81 bits per heavy atom. The second-order valence-electron chi connectivity index (χ2n) is 5.21. The number of benzene rings is 2. The number of rotatable bonds is 2. The van der Waals surface area contributed by atoms with Crippen LogP contribution < -0.4 is 5.73 Å². The van der Waals surface area contributed by atoms with Gasteiger partial charge in [0.05, 0.1) is 4.90 Å². The minimum Gasteiger partial charge on any atom is -0.399 e. The summed E-state index contributed by atoms with van der Waals surface area (Å²) in [6, 6.07) is 9.17. The second-order valence-corrected chi connectivity index (χ2v) is 7.12. The molecule has 2 aromatic carbocycles. The maximum absolute atomic E-state index is 13.4. The third-order valence-electron chi connectivity index (χ3n) is 3.69. The first kappa shape index (κ1) is 14.0. The van der Waals surface area contributed by atoms with Crippen molar-refractivity contribution in [3.8, 4) is 0 Å². The summed E-state index contributed by atoms with van der Waals surface area (Å²) in [4.78, 5) is 0.0169. The highest BCUT2D eigenvalue weighted by atomic mass is 32.2. The number of hydrogen-bond acceptors (Lipinski definition) is 3. The normalized spacial score (nSPS) is 15.1. The molecule has 0 radical (unpaired) electrons. The Kier molecular flexibility index (Phi) is 3.22. The SMILES string of the molecule is Cc1ccc(F)cc1S(=O)(=O)N1Cc2ccc(N)cc2C1. The van der Waals surface area contributed by atoms with Crippen LogP contribution in [0.4, 0.5) is 10.1 Å². The molecular formula is C15H15FN2O2S. The van der Waals surface area contributed by atoms with Gasteiger partial charge >= 0.3 is 0 Å². The molecule has 0 fully saturated rings. The van der Waals surface area contributed by atoms with Crippen molar-refractivity contribution >= 4 is 15.7 Å². The molecule has 0 aromatic heterocycles. The minimum atomic E-state index is -3.72. The Morgan fingerprint density at radius 3 is 2.57 bits per heavy atom. The van der Waals surface area contributed by atoms with E-state index in [0.29, 0.717) is 11.3 Å². The van der Waals surface area contributed by atoms with Crippen LogP contribution in [-0.2, 0) is 23.1 Å². The summed E-state index contributed by atoms with van der Waals surface area (Å²) in [6.07, 6.45) is 0. The molecule has 21 heavy (non-hydrogen) atoms. The fourth-order valence-corrected chi connectivity index (χ4v) is 4.18. The van der Waals surface area contributed by atoms with Crippen LogP contribution in [0.15, 0.2) is 41.3 Å². The highest BCUT2D eigenvalue weighted by Gasteiger charge is 2.31. The number of aryl methyl sites for hydroxylation is 1. The Balaban J connectivity index is 2.00. The van der Waals surface area contributed by atoms with Crippen LogP contribution in [0, 0.1) is 12.7 Å². The minimum absolute atomic E-state index is 0.0169. The molecule has 0 atom stereocenters. The number of halogens is 1. The zero-order valence-corrected chi connectivity index (χ0v) is 12.3. The Labute approximate surface area is 123 Å². The van der Waals surface area contributed by atoms with Crippen molar-refractivity contribution in [2.75, 3.05) is 5.73 Å². The number of nitrogens with two attached hydrogens (primary N) is 1. The van der Waals surface area contributed by atoms with E-state index >= 15 is 0 Å². The summed E-state index contributed by atoms with van der Waals surface area (Å²) in [5, 5.41) is 0. The van der Waals surface area contributed by atoms with E-state index in [-0.39, 0.29) is 18.0 Å². The van der Waals surface area contributed by atoms with Crippen molar-refractivity contribution in [2.45, 2.75) is 24.9 Å². The molecule has 0 aliphatic carbocycles. The van der Waals surface area contributed by atoms with Gasteiger partial charge in [0, 0.05) is 18.8 Å². The Bertz CT molecular complexity index is 818. The average Bonchev–Trinajstić information content (AvgIpc) is 2.85. The summed E-state index contributed by atoms with van der Waals surface area (Å²) in [6.45, 7) is 2.21. The maximum atomic E-state index is 13.4. The van der Waals surface area contributed by atoms with Crippen LogP contribution in [-0.4, -0.2) is 12.7 Å². The lowest BCUT2D eigenvalue weighted by molar-refractivity contribution is 0.430.